The van der Waals surface area contributed by atoms with Crippen molar-refractivity contribution in [1.29, 1.82) is 0 Å². The highest BCUT2D eigenvalue weighted by Crippen LogP contribution is 2.32. The van der Waals surface area contributed by atoms with E-state index in [0.29, 0.717) is 29.3 Å². The van der Waals surface area contributed by atoms with Crippen molar-refractivity contribution < 1.29 is 9.59 Å². The zero-order valence-corrected chi connectivity index (χ0v) is 15.5. The number of carbonyl (C=O) groups excluding carboxylic acids is 2. The van der Waals surface area contributed by atoms with Gasteiger partial charge in [-0.05, 0) is 49.9 Å². The largest absolute Gasteiger partial charge is 0.348 e. The van der Waals surface area contributed by atoms with Gasteiger partial charge in [-0.1, -0.05) is 29.8 Å². The Balaban J connectivity index is 0.00000243. The molecule has 2 aromatic rings. The Kier molecular flexibility index (Phi) is 6.77. The molecule has 26 heavy (non-hydrogen) atoms. The number of amides is 2. The molecule has 1 unspecified atom stereocenters. The second-order valence-corrected chi connectivity index (χ2v) is 6.52. The predicted molar refractivity (Wildman–Crippen MR) is 106 cm³/mol. The van der Waals surface area contributed by atoms with E-state index in [9.17, 15) is 9.59 Å². The van der Waals surface area contributed by atoms with Gasteiger partial charge in [-0.2, -0.15) is 0 Å². The van der Waals surface area contributed by atoms with Crippen LogP contribution in [0.25, 0.3) is 0 Å². The zero-order valence-electron chi connectivity index (χ0n) is 14.7. The fourth-order valence-corrected chi connectivity index (χ4v) is 2.88. The molecular weight excluding hydrogens is 350 g/mol. The number of nitrogens with one attached hydrogen (secondary N) is 2. The smallest absolute Gasteiger partial charge is 0.255 e. The van der Waals surface area contributed by atoms with Gasteiger partial charge in [0.25, 0.3) is 11.8 Å². The van der Waals surface area contributed by atoms with Crippen LogP contribution in [0.3, 0.4) is 0 Å². The Morgan fingerprint density at radius 2 is 1.85 bits per heavy atom. The second-order valence-electron chi connectivity index (χ2n) is 6.52. The van der Waals surface area contributed by atoms with Crippen molar-refractivity contribution in [2.75, 3.05) is 11.9 Å². The van der Waals surface area contributed by atoms with E-state index in [1.54, 1.807) is 30.3 Å². The molecule has 1 atom stereocenters. The van der Waals surface area contributed by atoms with Crippen LogP contribution in [-0.4, -0.2) is 24.4 Å². The van der Waals surface area contributed by atoms with E-state index in [0.717, 1.165) is 18.4 Å². The summed E-state index contributed by atoms with van der Waals surface area (Å²) in [6, 6.07) is 14.4. The predicted octanol–water partition coefficient (Wildman–Crippen LogP) is 3.14. The molecule has 0 saturated heterocycles. The molecular formula is C20H24ClN3O2. The van der Waals surface area contributed by atoms with E-state index in [1.807, 2.05) is 25.1 Å². The molecule has 138 valence electrons. The van der Waals surface area contributed by atoms with Gasteiger partial charge in [0.2, 0.25) is 0 Å². The maximum Gasteiger partial charge on any atom is 0.255 e. The minimum atomic E-state index is -0.235. The van der Waals surface area contributed by atoms with Gasteiger partial charge in [0, 0.05) is 18.2 Å². The maximum absolute atomic E-state index is 12.6. The van der Waals surface area contributed by atoms with Gasteiger partial charge in [0.15, 0.2) is 0 Å². The highest BCUT2D eigenvalue weighted by molar-refractivity contribution is 6.09. The fourth-order valence-electron chi connectivity index (χ4n) is 2.88. The highest BCUT2D eigenvalue weighted by atomic mass is 35.5. The average molecular weight is 374 g/mol. The molecule has 1 saturated carbocycles. The van der Waals surface area contributed by atoms with Crippen LogP contribution >= 0.6 is 12.4 Å². The lowest BCUT2D eigenvalue weighted by Gasteiger charge is -2.17. The van der Waals surface area contributed by atoms with E-state index in [-0.39, 0.29) is 30.3 Å². The Morgan fingerprint density at radius 1 is 1.12 bits per heavy atom. The topological polar surface area (TPSA) is 84.2 Å². The second kappa shape index (κ2) is 8.83. The number of hydrogen-bond acceptors (Lipinski definition) is 3. The van der Waals surface area contributed by atoms with Crippen molar-refractivity contribution in [2.45, 2.75) is 25.8 Å². The number of halogens is 1. The third-order valence-electron chi connectivity index (χ3n) is 4.46. The monoisotopic (exact) mass is 373 g/mol. The molecule has 1 aliphatic carbocycles. The zero-order chi connectivity index (χ0) is 17.8. The van der Waals surface area contributed by atoms with Crippen molar-refractivity contribution in [3.05, 3.63) is 65.2 Å². The summed E-state index contributed by atoms with van der Waals surface area (Å²) in [6.45, 7) is 2.36. The molecule has 0 spiro atoms. The molecule has 1 aliphatic rings. The lowest BCUT2D eigenvalue weighted by atomic mass is 10.1. The Morgan fingerprint density at radius 3 is 2.50 bits per heavy atom. The number of para-hydroxylation sites is 1. The van der Waals surface area contributed by atoms with Crippen LogP contribution in [-0.2, 0) is 0 Å². The molecule has 2 aromatic carbocycles. The Hall–Kier alpha value is -2.37. The van der Waals surface area contributed by atoms with Crippen molar-refractivity contribution in [3.8, 4) is 0 Å². The number of nitrogens with two attached hydrogens (primary N) is 1. The number of rotatable bonds is 6. The number of anilines is 1. The molecule has 1 fully saturated rings. The van der Waals surface area contributed by atoms with Gasteiger partial charge in [-0.3, -0.25) is 9.59 Å². The summed E-state index contributed by atoms with van der Waals surface area (Å²) >= 11 is 0. The van der Waals surface area contributed by atoms with Crippen molar-refractivity contribution in [3.63, 3.8) is 0 Å². The average Bonchev–Trinajstić information content (AvgIpc) is 3.45. The van der Waals surface area contributed by atoms with Gasteiger partial charge < -0.3 is 16.4 Å². The van der Waals surface area contributed by atoms with Crippen LogP contribution in [0, 0.1) is 12.8 Å². The number of hydrogen-bond donors (Lipinski definition) is 3. The third kappa shape index (κ3) is 4.84. The summed E-state index contributed by atoms with van der Waals surface area (Å²) in [5.74, 6) is 0.0343. The Labute approximate surface area is 159 Å². The van der Waals surface area contributed by atoms with Crippen LogP contribution in [0.15, 0.2) is 48.5 Å². The SMILES string of the molecule is Cc1cccc(C(=O)Nc2ccccc2C(=O)NC(CN)C2CC2)c1.Cl. The van der Waals surface area contributed by atoms with Crippen molar-refractivity contribution in [2.24, 2.45) is 11.7 Å². The van der Waals surface area contributed by atoms with Gasteiger partial charge >= 0.3 is 0 Å². The quantitative estimate of drug-likeness (QED) is 0.727. The number of aryl methyl sites for hydroxylation is 1. The van der Waals surface area contributed by atoms with Crippen LogP contribution in [0.1, 0.15) is 39.1 Å². The first-order chi connectivity index (χ1) is 12.1. The molecule has 0 aliphatic heterocycles. The first-order valence-corrected chi connectivity index (χ1v) is 8.56. The van der Waals surface area contributed by atoms with Gasteiger partial charge in [-0.15, -0.1) is 12.4 Å². The molecule has 5 nitrogen and oxygen atoms in total. The van der Waals surface area contributed by atoms with Crippen LogP contribution in [0.5, 0.6) is 0 Å². The number of carbonyl (C=O) groups is 2. The van der Waals surface area contributed by atoms with Crippen molar-refractivity contribution >= 4 is 29.9 Å². The lowest BCUT2D eigenvalue weighted by Crippen LogP contribution is -2.42. The van der Waals surface area contributed by atoms with Crippen LogP contribution < -0.4 is 16.4 Å². The van der Waals surface area contributed by atoms with E-state index in [1.165, 1.54) is 0 Å². The summed E-state index contributed by atoms with van der Waals surface area (Å²) in [7, 11) is 0. The van der Waals surface area contributed by atoms with E-state index in [4.69, 9.17) is 5.73 Å². The number of benzene rings is 2. The summed E-state index contributed by atoms with van der Waals surface area (Å²) in [6.07, 6.45) is 2.21. The lowest BCUT2D eigenvalue weighted by molar-refractivity contribution is 0.0934. The first kappa shape index (κ1) is 19.9. The minimum Gasteiger partial charge on any atom is -0.348 e. The van der Waals surface area contributed by atoms with E-state index >= 15 is 0 Å². The Bertz CT molecular complexity index is 790. The normalized spacial score (nSPS) is 14.1. The molecule has 4 N–H and O–H groups in total. The third-order valence-corrected chi connectivity index (χ3v) is 4.46. The molecule has 0 aromatic heterocycles. The summed E-state index contributed by atoms with van der Waals surface area (Å²) in [5.41, 5.74) is 8.28. The van der Waals surface area contributed by atoms with E-state index < -0.39 is 0 Å². The highest BCUT2D eigenvalue weighted by Gasteiger charge is 2.31. The summed E-state index contributed by atoms with van der Waals surface area (Å²) in [4.78, 5) is 25.1. The van der Waals surface area contributed by atoms with Crippen LogP contribution in [0.4, 0.5) is 5.69 Å². The minimum absolute atomic E-state index is 0. The van der Waals surface area contributed by atoms with Gasteiger partial charge in [0.1, 0.15) is 0 Å². The van der Waals surface area contributed by atoms with Gasteiger partial charge in [0.05, 0.1) is 11.3 Å². The first-order valence-electron chi connectivity index (χ1n) is 8.56. The van der Waals surface area contributed by atoms with E-state index in [2.05, 4.69) is 10.6 Å². The molecule has 0 radical (unpaired) electrons. The van der Waals surface area contributed by atoms with Crippen molar-refractivity contribution in [1.82, 2.24) is 5.32 Å². The molecule has 3 rings (SSSR count). The summed E-state index contributed by atoms with van der Waals surface area (Å²) in [5, 5.41) is 5.83. The summed E-state index contributed by atoms with van der Waals surface area (Å²) < 4.78 is 0. The molecule has 6 heteroatoms. The van der Waals surface area contributed by atoms with Gasteiger partial charge in [-0.25, -0.2) is 0 Å². The maximum atomic E-state index is 12.6. The molecule has 0 heterocycles. The molecule has 0 bridgehead atoms. The standard InChI is InChI=1S/C20H23N3O2.ClH/c1-13-5-4-6-15(11-13)19(24)22-17-8-3-2-7-16(17)20(25)23-18(12-21)14-9-10-14;/h2-8,11,14,18H,9-10,12,21H2,1H3,(H,22,24)(H,23,25);1H. The fraction of sp³-hybridized carbons (Fsp3) is 0.300. The van der Waals surface area contributed by atoms with Crippen LogP contribution in [0.2, 0.25) is 0 Å². The molecule has 2 amide bonds.